The molecule has 2 rings (SSSR count). The number of carboxylic acid groups (broad SMARTS) is 1. The molecular formula is C17H21N3O3. The number of hydrogen-bond acceptors (Lipinski definition) is 3. The van der Waals surface area contributed by atoms with Crippen molar-refractivity contribution < 1.29 is 14.7 Å². The number of carbonyl (C=O) groups is 2. The number of nitrogens with zero attached hydrogens (tertiary/aromatic N) is 2. The summed E-state index contributed by atoms with van der Waals surface area (Å²) in [5.74, 6) is -0.644. The lowest BCUT2D eigenvalue weighted by molar-refractivity contribution is -0.122. The van der Waals surface area contributed by atoms with Crippen LogP contribution in [0.3, 0.4) is 0 Å². The van der Waals surface area contributed by atoms with Crippen LogP contribution in [-0.2, 0) is 11.3 Å². The number of aromatic nitrogens is 2. The van der Waals surface area contributed by atoms with Gasteiger partial charge >= 0.3 is 5.97 Å². The Kier molecular flexibility index (Phi) is 5.51. The summed E-state index contributed by atoms with van der Waals surface area (Å²) in [6.45, 7) is 4.56. The topological polar surface area (TPSA) is 84.2 Å². The van der Waals surface area contributed by atoms with Crippen LogP contribution in [0, 0.1) is 5.92 Å². The number of amides is 1. The van der Waals surface area contributed by atoms with E-state index in [2.05, 4.69) is 24.3 Å². The van der Waals surface area contributed by atoms with Gasteiger partial charge in [0.25, 0.3) is 0 Å². The minimum atomic E-state index is -1.06. The van der Waals surface area contributed by atoms with Gasteiger partial charge in [-0.1, -0.05) is 32.4 Å². The molecule has 0 saturated carbocycles. The molecule has 1 aromatic heterocycles. The highest BCUT2D eigenvalue weighted by Crippen LogP contribution is 2.11. The van der Waals surface area contributed by atoms with Crippen LogP contribution in [0.1, 0.15) is 42.7 Å². The van der Waals surface area contributed by atoms with Crippen molar-refractivity contribution in [3.05, 3.63) is 47.8 Å². The summed E-state index contributed by atoms with van der Waals surface area (Å²) < 4.78 is 1.51. The first kappa shape index (κ1) is 16.7. The Morgan fingerprint density at radius 3 is 2.78 bits per heavy atom. The minimum Gasteiger partial charge on any atom is -0.476 e. The maximum absolute atomic E-state index is 11.8. The van der Waals surface area contributed by atoms with E-state index in [0.717, 1.165) is 17.7 Å². The van der Waals surface area contributed by atoms with Gasteiger partial charge in [-0.15, -0.1) is 0 Å². The van der Waals surface area contributed by atoms with Crippen LogP contribution >= 0.6 is 0 Å². The van der Waals surface area contributed by atoms with Crippen molar-refractivity contribution in [3.63, 3.8) is 0 Å². The predicted molar refractivity (Wildman–Crippen MR) is 86.4 cm³/mol. The SMILES string of the molecule is CCC(C)CC(=O)NCc1cccc(-n2ccc(C(=O)O)n2)c1. The average molecular weight is 315 g/mol. The van der Waals surface area contributed by atoms with E-state index in [1.807, 2.05) is 24.3 Å². The molecule has 1 unspecified atom stereocenters. The number of aromatic carboxylic acids is 1. The Bertz CT molecular complexity index is 694. The minimum absolute atomic E-state index is 0.00254. The normalized spacial score (nSPS) is 11.9. The molecule has 2 aromatic rings. The first-order valence-electron chi connectivity index (χ1n) is 7.64. The molecule has 0 bridgehead atoms. The van der Waals surface area contributed by atoms with E-state index in [0.29, 0.717) is 18.9 Å². The quantitative estimate of drug-likeness (QED) is 0.822. The van der Waals surface area contributed by atoms with Gasteiger partial charge in [-0.25, -0.2) is 9.48 Å². The molecule has 6 heteroatoms. The van der Waals surface area contributed by atoms with Crippen molar-refractivity contribution in [1.29, 1.82) is 0 Å². The zero-order valence-corrected chi connectivity index (χ0v) is 13.3. The standard InChI is InChI=1S/C17H21N3O3/c1-3-12(2)9-16(21)18-11-13-5-4-6-14(10-13)20-8-7-15(19-20)17(22)23/h4-8,10,12H,3,9,11H2,1-2H3,(H,18,21)(H,22,23). The van der Waals surface area contributed by atoms with E-state index >= 15 is 0 Å². The van der Waals surface area contributed by atoms with Crippen molar-refractivity contribution in [2.75, 3.05) is 0 Å². The number of carbonyl (C=O) groups excluding carboxylic acids is 1. The lowest BCUT2D eigenvalue weighted by atomic mass is 10.1. The molecular weight excluding hydrogens is 294 g/mol. The van der Waals surface area contributed by atoms with Gasteiger partial charge in [-0.3, -0.25) is 4.79 Å². The Morgan fingerprint density at radius 1 is 1.35 bits per heavy atom. The Balaban J connectivity index is 2.02. The Labute approximate surface area is 135 Å². The second-order valence-electron chi connectivity index (χ2n) is 5.61. The maximum atomic E-state index is 11.8. The molecule has 0 aliphatic heterocycles. The summed E-state index contributed by atoms with van der Waals surface area (Å²) in [7, 11) is 0. The zero-order chi connectivity index (χ0) is 16.8. The van der Waals surface area contributed by atoms with Gasteiger partial charge in [0.05, 0.1) is 5.69 Å². The summed E-state index contributed by atoms with van der Waals surface area (Å²) >= 11 is 0. The van der Waals surface area contributed by atoms with Crippen molar-refractivity contribution in [2.24, 2.45) is 5.92 Å². The number of nitrogens with one attached hydrogen (secondary N) is 1. The first-order valence-corrected chi connectivity index (χ1v) is 7.64. The molecule has 1 heterocycles. The molecule has 0 saturated heterocycles. The molecule has 0 aliphatic carbocycles. The zero-order valence-electron chi connectivity index (χ0n) is 13.3. The number of benzene rings is 1. The third kappa shape index (κ3) is 4.67. The smallest absolute Gasteiger partial charge is 0.356 e. The van der Waals surface area contributed by atoms with Crippen LogP contribution in [0.2, 0.25) is 0 Å². The second kappa shape index (κ2) is 7.58. The molecule has 2 N–H and O–H groups in total. The fourth-order valence-corrected chi connectivity index (χ4v) is 2.12. The number of carboxylic acids is 1. The van der Waals surface area contributed by atoms with Gasteiger partial charge in [0, 0.05) is 19.2 Å². The van der Waals surface area contributed by atoms with Crippen molar-refractivity contribution in [1.82, 2.24) is 15.1 Å². The van der Waals surface area contributed by atoms with E-state index in [-0.39, 0.29) is 11.6 Å². The monoisotopic (exact) mass is 315 g/mol. The Hall–Kier alpha value is -2.63. The van der Waals surface area contributed by atoms with E-state index in [9.17, 15) is 9.59 Å². The van der Waals surface area contributed by atoms with E-state index in [4.69, 9.17) is 5.11 Å². The molecule has 6 nitrogen and oxygen atoms in total. The molecule has 0 radical (unpaired) electrons. The average Bonchev–Trinajstić information content (AvgIpc) is 3.03. The van der Waals surface area contributed by atoms with Gasteiger partial charge in [0.1, 0.15) is 0 Å². The first-order chi connectivity index (χ1) is 11.0. The molecule has 0 fully saturated rings. The van der Waals surface area contributed by atoms with Crippen molar-refractivity contribution >= 4 is 11.9 Å². The van der Waals surface area contributed by atoms with Crippen LogP contribution < -0.4 is 5.32 Å². The summed E-state index contributed by atoms with van der Waals surface area (Å²) in [6.07, 6.45) is 3.11. The predicted octanol–water partition coefficient (Wildman–Crippen LogP) is 2.62. The second-order valence-corrected chi connectivity index (χ2v) is 5.61. The van der Waals surface area contributed by atoms with E-state index < -0.39 is 5.97 Å². The lowest BCUT2D eigenvalue weighted by Gasteiger charge is -2.10. The fraction of sp³-hybridized carbons (Fsp3) is 0.353. The molecule has 23 heavy (non-hydrogen) atoms. The fourth-order valence-electron chi connectivity index (χ4n) is 2.12. The van der Waals surface area contributed by atoms with Crippen LogP contribution in [0.25, 0.3) is 5.69 Å². The molecule has 0 spiro atoms. The third-order valence-electron chi connectivity index (χ3n) is 3.70. The highest BCUT2D eigenvalue weighted by atomic mass is 16.4. The van der Waals surface area contributed by atoms with Gasteiger partial charge in [-0.2, -0.15) is 5.10 Å². The summed E-state index contributed by atoms with van der Waals surface area (Å²) in [5, 5.41) is 15.8. The van der Waals surface area contributed by atoms with Gasteiger partial charge < -0.3 is 10.4 Å². The summed E-state index contributed by atoms with van der Waals surface area (Å²) in [4.78, 5) is 22.7. The van der Waals surface area contributed by atoms with Gasteiger partial charge in [-0.05, 0) is 29.7 Å². The molecule has 122 valence electrons. The van der Waals surface area contributed by atoms with E-state index in [1.54, 1.807) is 6.20 Å². The Morgan fingerprint density at radius 2 is 2.13 bits per heavy atom. The van der Waals surface area contributed by atoms with Crippen LogP contribution in [0.4, 0.5) is 0 Å². The molecule has 1 aromatic carbocycles. The van der Waals surface area contributed by atoms with E-state index in [1.165, 1.54) is 10.7 Å². The number of rotatable bonds is 7. The lowest BCUT2D eigenvalue weighted by Crippen LogP contribution is -2.24. The number of hydrogen-bond donors (Lipinski definition) is 2. The van der Waals surface area contributed by atoms with Crippen LogP contribution in [-0.4, -0.2) is 26.8 Å². The van der Waals surface area contributed by atoms with Crippen LogP contribution in [0.15, 0.2) is 36.5 Å². The van der Waals surface area contributed by atoms with Crippen molar-refractivity contribution in [2.45, 2.75) is 33.2 Å². The highest BCUT2D eigenvalue weighted by Gasteiger charge is 2.09. The molecule has 1 atom stereocenters. The molecule has 1 amide bonds. The maximum Gasteiger partial charge on any atom is 0.356 e. The van der Waals surface area contributed by atoms with Gasteiger partial charge in [0.15, 0.2) is 5.69 Å². The summed E-state index contributed by atoms with van der Waals surface area (Å²) in [5.41, 5.74) is 1.69. The van der Waals surface area contributed by atoms with Gasteiger partial charge in [0.2, 0.25) is 5.91 Å². The van der Waals surface area contributed by atoms with Crippen molar-refractivity contribution in [3.8, 4) is 5.69 Å². The summed E-state index contributed by atoms with van der Waals surface area (Å²) in [6, 6.07) is 8.93. The molecule has 0 aliphatic rings. The highest BCUT2D eigenvalue weighted by molar-refractivity contribution is 5.85. The van der Waals surface area contributed by atoms with Crippen LogP contribution in [0.5, 0.6) is 0 Å². The third-order valence-corrected chi connectivity index (χ3v) is 3.70. The largest absolute Gasteiger partial charge is 0.476 e.